The summed E-state index contributed by atoms with van der Waals surface area (Å²) >= 11 is 0. The maximum Gasteiger partial charge on any atom is 0.412 e. The van der Waals surface area contributed by atoms with Crippen LogP contribution in [-0.4, -0.2) is 30.1 Å². The van der Waals surface area contributed by atoms with Crippen LogP contribution in [0.3, 0.4) is 0 Å². The Kier molecular flexibility index (Phi) is 9.06. The molecule has 2 unspecified atom stereocenters. The van der Waals surface area contributed by atoms with E-state index >= 15 is 0 Å². The van der Waals surface area contributed by atoms with E-state index in [1.54, 1.807) is 18.2 Å². The van der Waals surface area contributed by atoms with Gasteiger partial charge >= 0.3 is 12.1 Å². The fourth-order valence-corrected chi connectivity index (χ4v) is 5.56. The Balaban J connectivity index is 1.37. The van der Waals surface area contributed by atoms with Gasteiger partial charge in [0.25, 0.3) is 0 Å². The van der Waals surface area contributed by atoms with Gasteiger partial charge < -0.3 is 18.9 Å². The van der Waals surface area contributed by atoms with Crippen LogP contribution in [-0.2, 0) is 27.5 Å². The average Bonchev–Trinajstić information content (AvgIpc) is 3.44. The Morgan fingerprint density at radius 3 is 1.69 bits per heavy atom. The Hall–Kier alpha value is -5.56. The van der Waals surface area contributed by atoms with Crippen LogP contribution in [0.15, 0.2) is 140 Å². The number of hydrogen-bond acceptors (Lipinski definition) is 6. The summed E-state index contributed by atoms with van der Waals surface area (Å²) in [5, 5.41) is 0. The van der Waals surface area contributed by atoms with Gasteiger partial charge in [-0.3, -0.25) is 4.90 Å². The third kappa shape index (κ3) is 6.68. The summed E-state index contributed by atoms with van der Waals surface area (Å²) in [6.45, 7) is 0.641. The van der Waals surface area contributed by atoms with Gasteiger partial charge in [-0.15, -0.1) is 0 Å². The number of cyclic esters (lactones) is 1. The van der Waals surface area contributed by atoms with Crippen LogP contribution < -0.4 is 9.47 Å². The first-order chi connectivity index (χ1) is 22.1. The van der Waals surface area contributed by atoms with Crippen molar-refractivity contribution >= 4 is 12.1 Å². The number of hydrogen-bond donors (Lipinski definition) is 0. The molecule has 0 aliphatic carbocycles. The van der Waals surface area contributed by atoms with Crippen molar-refractivity contribution in [3.05, 3.63) is 167 Å². The van der Waals surface area contributed by atoms with Gasteiger partial charge in [-0.1, -0.05) is 127 Å². The molecule has 1 aliphatic heterocycles. The van der Waals surface area contributed by atoms with Gasteiger partial charge in [0.1, 0.15) is 13.2 Å². The van der Waals surface area contributed by atoms with E-state index in [0.29, 0.717) is 30.3 Å². The van der Waals surface area contributed by atoms with Crippen LogP contribution in [0.2, 0.25) is 0 Å². The van der Waals surface area contributed by atoms with Gasteiger partial charge in [-0.25, -0.2) is 9.59 Å². The topological polar surface area (TPSA) is 74.3 Å². The van der Waals surface area contributed by atoms with E-state index in [0.717, 1.165) is 22.3 Å². The number of methoxy groups -OCH3 is 1. The van der Waals surface area contributed by atoms with Crippen molar-refractivity contribution in [3.63, 3.8) is 0 Å². The Morgan fingerprint density at radius 1 is 0.689 bits per heavy atom. The quantitative estimate of drug-likeness (QED) is 0.145. The molecular weight excluding hydrogens is 566 g/mol. The van der Waals surface area contributed by atoms with E-state index in [4.69, 9.17) is 18.9 Å². The zero-order chi connectivity index (χ0) is 31.0. The molecule has 0 saturated carbocycles. The summed E-state index contributed by atoms with van der Waals surface area (Å²) in [5.41, 5.74) is 4.25. The van der Waals surface area contributed by atoms with E-state index in [1.807, 2.05) is 121 Å². The fraction of sp³-hybridized carbons (Fsp3) is 0.158. The number of carbonyl (C=O) groups is 2. The minimum absolute atomic E-state index is 0.299. The maximum atomic E-state index is 13.7. The largest absolute Gasteiger partial charge is 0.485 e. The first kappa shape index (κ1) is 29.5. The Labute approximate surface area is 262 Å². The van der Waals surface area contributed by atoms with Crippen molar-refractivity contribution in [2.75, 3.05) is 7.11 Å². The average molecular weight is 600 g/mol. The molecular formula is C38H33NO6. The first-order valence-corrected chi connectivity index (χ1v) is 14.8. The molecule has 0 spiro atoms. The molecule has 226 valence electrons. The van der Waals surface area contributed by atoms with Crippen molar-refractivity contribution in [2.24, 2.45) is 0 Å². The number of amides is 1. The second-order valence-electron chi connectivity index (χ2n) is 10.7. The van der Waals surface area contributed by atoms with Crippen molar-refractivity contribution < 1.29 is 28.5 Å². The smallest absolute Gasteiger partial charge is 0.412 e. The second-order valence-corrected chi connectivity index (χ2v) is 10.7. The Morgan fingerprint density at radius 2 is 1.18 bits per heavy atom. The minimum Gasteiger partial charge on any atom is -0.485 e. The van der Waals surface area contributed by atoms with Crippen LogP contribution >= 0.6 is 0 Å². The molecule has 1 saturated heterocycles. The predicted molar refractivity (Wildman–Crippen MR) is 170 cm³/mol. The highest BCUT2D eigenvalue weighted by molar-refractivity contribution is 5.86. The highest BCUT2D eigenvalue weighted by atomic mass is 16.6. The summed E-state index contributed by atoms with van der Waals surface area (Å²) in [6.07, 6.45) is -1.58. The number of esters is 1. The van der Waals surface area contributed by atoms with Crippen LogP contribution in [0.4, 0.5) is 4.79 Å². The summed E-state index contributed by atoms with van der Waals surface area (Å²) in [7, 11) is 1.31. The summed E-state index contributed by atoms with van der Waals surface area (Å²) in [6, 6.07) is 42.5. The zero-order valence-corrected chi connectivity index (χ0v) is 24.8. The molecule has 6 rings (SSSR count). The molecule has 7 heteroatoms. The molecule has 0 aromatic heterocycles. The number of nitrogens with zero attached hydrogens (tertiary/aromatic N) is 1. The van der Waals surface area contributed by atoms with Gasteiger partial charge in [-0.05, 0) is 39.9 Å². The molecule has 2 atom stereocenters. The minimum atomic E-state index is -1.06. The lowest BCUT2D eigenvalue weighted by Gasteiger charge is -2.31. The molecule has 0 bridgehead atoms. The zero-order valence-electron chi connectivity index (χ0n) is 24.8. The van der Waals surface area contributed by atoms with E-state index in [-0.39, 0.29) is 0 Å². The summed E-state index contributed by atoms with van der Waals surface area (Å²) < 4.78 is 23.7. The maximum absolute atomic E-state index is 13.7. The van der Waals surface area contributed by atoms with Gasteiger partial charge in [0.15, 0.2) is 23.6 Å². The molecule has 1 amide bonds. The molecule has 1 heterocycles. The van der Waals surface area contributed by atoms with E-state index < -0.39 is 30.3 Å². The number of benzene rings is 5. The van der Waals surface area contributed by atoms with Crippen LogP contribution in [0.5, 0.6) is 11.5 Å². The van der Waals surface area contributed by atoms with Crippen LogP contribution in [0.1, 0.15) is 40.0 Å². The van der Waals surface area contributed by atoms with Gasteiger partial charge in [0.2, 0.25) is 0 Å². The highest BCUT2D eigenvalue weighted by Gasteiger charge is 2.51. The molecule has 5 aromatic carbocycles. The van der Waals surface area contributed by atoms with Gasteiger partial charge in [-0.2, -0.15) is 0 Å². The molecule has 5 aromatic rings. The van der Waals surface area contributed by atoms with E-state index in [1.165, 1.54) is 12.0 Å². The number of carbonyl (C=O) groups excluding carboxylic acids is 2. The Bertz CT molecular complexity index is 1670. The third-order valence-electron chi connectivity index (χ3n) is 7.75. The number of ether oxygens (including phenoxy) is 4. The van der Waals surface area contributed by atoms with Crippen LogP contribution in [0.25, 0.3) is 0 Å². The predicted octanol–water partition coefficient (Wildman–Crippen LogP) is 7.67. The van der Waals surface area contributed by atoms with Crippen molar-refractivity contribution in [3.8, 4) is 11.5 Å². The standard InChI is InChI=1S/C38H33NO6/c1-42-37(40)35-36(45-38(41)39(35)34(29-18-10-4-11-19-29)30-20-12-5-13-21-30)31-22-23-32(43-25-27-14-6-2-7-15-27)33(24-31)44-26-28-16-8-3-9-17-28/h2-24,34-36H,25-26H2,1H3. The third-order valence-corrected chi connectivity index (χ3v) is 7.75. The van der Waals surface area contributed by atoms with Gasteiger partial charge in [0, 0.05) is 0 Å². The lowest BCUT2D eigenvalue weighted by Crippen LogP contribution is -2.43. The van der Waals surface area contributed by atoms with E-state index in [9.17, 15) is 9.59 Å². The molecule has 0 radical (unpaired) electrons. The highest BCUT2D eigenvalue weighted by Crippen LogP contribution is 2.43. The molecule has 45 heavy (non-hydrogen) atoms. The monoisotopic (exact) mass is 599 g/mol. The van der Waals surface area contributed by atoms with Crippen molar-refractivity contribution in [1.82, 2.24) is 4.90 Å². The molecule has 7 nitrogen and oxygen atoms in total. The van der Waals surface area contributed by atoms with Crippen LogP contribution in [0, 0.1) is 0 Å². The number of rotatable bonds is 11. The molecule has 0 N–H and O–H groups in total. The molecule has 1 aliphatic rings. The lowest BCUT2D eigenvalue weighted by atomic mass is 9.94. The van der Waals surface area contributed by atoms with E-state index in [2.05, 4.69) is 0 Å². The van der Waals surface area contributed by atoms with Crippen molar-refractivity contribution in [2.45, 2.75) is 31.4 Å². The fourth-order valence-electron chi connectivity index (χ4n) is 5.56. The normalized spacial score (nSPS) is 15.9. The van der Waals surface area contributed by atoms with Crippen molar-refractivity contribution in [1.29, 1.82) is 0 Å². The summed E-state index contributed by atoms with van der Waals surface area (Å²) in [4.78, 5) is 28.7. The first-order valence-electron chi connectivity index (χ1n) is 14.8. The summed E-state index contributed by atoms with van der Waals surface area (Å²) in [5.74, 6) is 0.410. The van der Waals surface area contributed by atoms with Gasteiger partial charge in [0.05, 0.1) is 13.2 Å². The second kappa shape index (κ2) is 13.8. The molecule has 1 fully saturated rings. The lowest BCUT2D eigenvalue weighted by molar-refractivity contribution is -0.147. The SMILES string of the molecule is COC(=O)C1C(c2ccc(OCc3ccccc3)c(OCc3ccccc3)c2)OC(=O)N1C(c1ccccc1)c1ccccc1.